The molecule has 0 spiro atoms. The molecule has 3 aromatic rings. The molecule has 2 heterocycles. The zero-order valence-corrected chi connectivity index (χ0v) is 16.6. The topological polar surface area (TPSA) is 61.9 Å². The second kappa shape index (κ2) is 8.01. The Kier molecular flexibility index (Phi) is 5.73. The molecule has 0 unspecified atom stereocenters. The van der Waals surface area contributed by atoms with Gasteiger partial charge >= 0.3 is 5.69 Å². The molecule has 0 aliphatic rings. The van der Waals surface area contributed by atoms with Gasteiger partial charge in [-0.15, -0.1) is 0 Å². The minimum atomic E-state index is -0.199. The second-order valence-electron chi connectivity index (χ2n) is 5.68. The summed E-state index contributed by atoms with van der Waals surface area (Å²) in [4.78, 5) is 22.3. The molecule has 0 saturated carbocycles. The highest BCUT2D eigenvalue weighted by molar-refractivity contribution is 7.98. The molecule has 1 aromatic carbocycles. The largest absolute Gasteiger partial charge is 0.480 e. The Balaban J connectivity index is 2.50. The third-order valence-corrected chi connectivity index (χ3v) is 5.03. The number of unbranched alkanes of at least 4 members (excludes halogenated alkanes) is 1. The van der Waals surface area contributed by atoms with Crippen molar-refractivity contribution in [1.82, 2.24) is 19.1 Å². The first-order valence-corrected chi connectivity index (χ1v) is 9.96. The van der Waals surface area contributed by atoms with Gasteiger partial charge in [0.2, 0.25) is 5.88 Å². The van der Waals surface area contributed by atoms with Gasteiger partial charge < -0.3 is 4.74 Å². The first kappa shape index (κ1) is 18.6. The van der Waals surface area contributed by atoms with Crippen LogP contribution in [0, 0.1) is 4.64 Å². The van der Waals surface area contributed by atoms with Gasteiger partial charge in [0.1, 0.15) is 10.0 Å². The normalized spacial score (nSPS) is 11.0. The number of hydrogen-bond donors (Lipinski definition) is 0. The van der Waals surface area contributed by atoms with Crippen LogP contribution in [0.1, 0.15) is 19.8 Å². The highest BCUT2D eigenvalue weighted by Crippen LogP contribution is 2.27. The van der Waals surface area contributed by atoms with Gasteiger partial charge in [0.15, 0.2) is 10.8 Å². The second-order valence-corrected chi connectivity index (χ2v) is 6.84. The van der Waals surface area contributed by atoms with Crippen LogP contribution in [-0.4, -0.2) is 32.5 Å². The van der Waals surface area contributed by atoms with Crippen molar-refractivity contribution in [1.29, 1.82) is 0 Å². The first-order valence-electron chi connectivity index (χ1n) is 8.33. The average Bonchev–Trinajstić information content (AvgIpc) is 2.67. The molecule has 0 saturated heterocycles. The highest BCUT2D eigenvalue weighted by atomic mass is 32.2. The van der Waals surface area contributed by atoms with Crippen molar-refractivity contribution >= 4 is 35.0 Å². The zero-order valence-electron chi connectivity index (χ0n) is 14.9. The van der Waals surface area contributed by atoms with Crippen molar-refractivity contribution in [2.45, 2.75) is 31.5 Å². The summed E-state index contributed by atoms with van der Waals surface area (Å²) in [7, 11) is 1.55. The molecule has 0 atom stereocenters. The number of benzene rings is 1. The minimum Gasteiger partial charge on any atom is -0.480 e. The molecule has 0 aliphatic carbocycles. The lowest BCUT2D eigenvalue weighted by atomic mass is 10.3. The van der Waals surface area contributed by atoms with Crippen molar-refractivity contribution in [3.63, 3.8) is 0 Å². The molecule has 0 amide bonds. The summed E-state index contributed by atoms with van der Waals surface area (Å²) < 4.78 is 9.09. The van der Waals surface area contributed by atoms with Crippen molar-refractivity contribution in [2.24, 2.45) is 0 Å². The quantitative estimate of drug-likeness (QED) is 0.363. The molecule has 8 heteroatoms. The van der Waals surface area contributed by atoms with E-state index in [9.17, 15) is 4.79 Å². The van der Waals surface area contributed by atoms with Crippen LogP contribution in [0.5, 0.6) is 5.88 Å². The van der Waals surface area contributed by atoms with Crippen LogP contribution in [0.2, 0.25) is 0 Å². The van der Waals surface area contributed by atoms with Crippen molar-refractivity contribution in [2.75, 3.05) is 13.4 Å². The van der Waals surface area contributed by atoms with Crippen LogP contribution < -0.4 is 10.4 Å². The third kappa shape index (κ3) is 3.26. The maximum absolute atomic E-state index is 13.3. The molecular weight excluding hydrogens is 368 g/mol. The van der Waals surface area contributed by atoms with Gasteiger partial charge in [-0.05, 0) is 24.8 Å². The molecular formula is C18H20N4O2S2. The number of thioether (sulfide) groups is 1. The Hall–Kier alpha value is -2.19. The van der Waals surface area contributed by atoms with Gasteiger partial charge in [-0.3, -0.25) is 4.57 Å². The third-order valence-electron chi connectivity index (χ3n) is 4.05. The van der Waals surface area contributed by atoms with Gasteiger partial charge in [0.05, 0.1) is 12.8 Å². The maximum atomic E-state index is 13.3. The summed E-state index contributed by atoms with van der Waals surface area (Å²) in [5.74, 6) is 0.388. The van der Waals surface area contributed by atoms with Gasteiger partial charge in [-0.25, -0.2) is 14.3 Å². The summed E-state index contributed by atoms with van der Waals surface area (Å²) in [5, 5.41) is 1.11. The molecule has 6 nitrogen and oxygen atoms in total. The van der Waals surface area contributed by atoms with E-state index in [1.54, 1.807) is 16.2 Å². The lowest BCUT2D eigenvalue weighted by molar-refractivity contribution is 0.397. The van der Waals surface area contributed by atoms with E-state index in [1.165, 1.54) is 11.8 Å². The molecule has 0 radical (unpaired) electrons. The van der Waals surface area contributed by atoms with Crippen LogP contribution in [0.4, 0.5) is 0 Å². The maximum Gasteiger partial charge on any atom is 0.335 e. The van der Waals surface area contributed by atoms with Gasteiger partial charge in [0, 0.05) is 6.54 Å². The zero-order chi connectivity index (χ0) is 18.7. The fraction of sp³-hybridized carbons (Fsp3) is 0.333. The van der Waals surface area contributed by atoms with E-state index in [0.717, 1.165) is 18.5 Å². The summed E-state index contributed by atoms with van der Waals surface area (Å²) in [6.45, 7) is 2.62. The molecule has 26 heavy (non-hydrogen) atoms. The SMILES string of the molecule is CCCCn1c(=S)c2c(OC)nc(SC)nc2n(-c2ccccc2)c1=O. The van der Waals surface area contributed by atoms with Gasteiger partial charge in [-0.1, -0.05) is 55.5 Å². The summed E-state index contributed by atoms with van der Waals surface area (Å²) in [6, 6.07) is 9.44. The van der Waals surface area contributed by atoms with Gasteiger partial charge in [-0.2, -0.15) is 4.98 Å². The standard InChI is InChI=1S/C18H20N4O2S2/c1-4-5-11-21-16(25)13-14(19-17(26-3)20-15(13)24-2)22(18(21)23)12-9-7-6-8-10-12/h6-10H,4-5,11H2,1-3H3. The van der Waals surface area contributed by atoms with E-state index in [4.69, 9.17) is 17.0 Å². The molecule has 3 rings (SSSR count). The number of para-hydroxylation sites is 1. The van der Waals surface area contributed by atoms with Crippen LogP contribution in [0.25, 0.3) is 16.7 Å². The van der Waals surface area contributed by atoms with Crippen LogP contribution in [-0.2, 0) is 6.54 Å². The fourth-order valence-electron chi connectivity index (χ4n) is 2.75. The lowest BCUT2D eigenvalue weighted by Crippen LogP contribution is -2.31. The van der Waals surface area contributed by atoms with Crippen molar-refractivity contribution in [3.05, 3.63) is 45.5 Å². The van der Waals surface area contributed by atoms with Crippen LogP contribution >= 0.6 is 24.0 Å². The van der Waals surface area contributed by atoms with Crippen molar-refractivity contribution in [3.8, 4) is 11.6 Å². The smallest absolute Gasteiger partial charge is 0.335 e. The predicted octanol–water partition coefficient (Wildman–Crippen LogP) is 3.84. The van der Waals surface area contributed by atoms with E-state index < -0.39 is 0 Å². The molecule has 0 fully saturated rings. The molecule has 0 aliphatic heterocycles. The van der Waals surface area contributed by atoms with E-state index in [1.807, 2.05) is 36.6 Å². The molecule has 0 N–H and O–H groups in total. The van der Waals surface area contributed by atoms with Gasteiger partial charge in [0.25, 0.3) is 0 Å². The van der Waals surface area contributed by atoms with E-state index in [2.05, 4.69) is 16.9 Å². The number of fused-ring (bicyclic) bond motifs is 1. The van der Waals surface area contributed by atoms with E-state index in [0.29, 0.717) is 33.3 Å². The van der Waals surface area contributed by atoms with Crippen LogP contribution in [0.15, 0.2) is 40.3 Å². The Morgan fingerprint density at radius 1 is 1.23 bits per heavy atom. The van der Waals surface area contributed by atoms with Crippen molar-refractivity contribution < 1.29 is 4.74 Å². The molecule has 0 bridgehead atoms. The van der Waals surface area contributed by atoms with E-state index >= 15 is 0 Å². The van der Waals surface area contributed by atoms with E-state index in [-0.39, 0.29) is 5.69 Å². The molecule has 2 aromatic heterocycles. The lowest BCUT2D eigenvalue weighted by Gasteiger charge is -2.16. The number of hydrogen-bond acceptors (Lipinski definition) is 6. The summed E-state index contributed by atoms with van der Waals surface area (Å²) in [6.07, 6.45) is 3.70. The predicted molar refractivity (Wildman–Crippen MR) is 107 cm³/mol. The average molecular weight is 389 g/mol. The first-order chi connectivity index (χ1) is 12.6. The number of ether oxygens (including phenoxy) is 1. The fourth-order valence-corrected chi connectivity index (χ4v) is 3.45. The number of nitrogens with zero attached hydrogens (tertiary/aromatic N) is 4. The summed E-state index contributed by atoms with van der Waals surface area (Å²) >= 11 is 7.01. The Morgan fingerprint density at radius 3 is 2.58 bits per heavy atom. The monoisotopic (exact) mass is 388 g/mol. The van der Waals surface area contributed by atoms with Crippen LogP contribution in [0.3, 0.4) is 0 Å². The number of aromatic nitrogens is 4. The molecule has 136 valence electrons. The Morgan fingerprint density at radius 2 is 1.96 bits per heavy atom. The highest BCUT2D eigenvalue weighted by Gasteiger charge is 2.19. The Labute approximate surface area is 160 Å². The minimum absolute atomic E-state index is 0.199. The number of methoxy groups -OCH3 is 1. The Bertz CT molecular complexity index is 1040. The number of rotatable bonds is 6. The summed E-state index contributed by atoms with van der Waals surface area (Å²) in [5.41, 5.74) is 1.00.